The van der Waals surface area contributed by atoms with Crippen LogP contribution in [-0.4, -0.2) is 36.9 Å². The zero-order valence-corrected chi connectivity index (χ0v) is 19.2. The molecular formula is C21H25N3O5S2. The number of carbonyl (C=O) groups excluding carboxylic acids is 1. The van der Waals surface area contributed by atoms with Crippen molar-refractivity contribution < 1.29 is 17.6 Å². The van der Waals surface area contributed by atoms with E-state index in [4.69, 9.17) is 4.42 Å². The van der Waals surface area contributed by atoms with Crippen LogP contribution in [0.15, 0.2) is 56.6 Å². The van der Waals surface area contributed by atoms with E-state index in [9.17, 15) is 18.0 Å². The first kappa shape index (κ1) is 23.1. The van der Waals surface area contributed by atoms with Crippen molar-refractivity contribution in [3.8, 4) is 0 Å². The molecule has 31 heavy (non-hydrogen) atoms. The topological polar surface area (TPSA) is 110 Å². The molecular weight excluding hydrogens is 438 g/mol. The summed E-state index contributed by atoms with van der Waals surface area (Å²) in [5.74, 6) is -0.367. The fraction of sp³-hybridized carbons (Fsp3) is 0.333. The first-order chi connectivity index (χ1) is 14.7. The first-order valence-electron chi connectivity index (χ1n) is 9.65. The fourth-order valence-electron chi connectivity index (χ4n) is 3.03. The highest BCUT2D eigenvalue weighted by atomic mass is 32.2. The summed E-state index contributed by atoms with van der Waals surface area (Å²) in [7, 11) is -2.47. The molecule has 0 spiro atoms. The maximum atomic E-state index is 12.9. The maximum absolute atomic E-state index is 12.9. The number of fused-ring (bicyclic) bond motifs is 1. The number of sulfonamides is 1. The van der Waals surface area contributed by atoms with E-state index in [1.54, 1.807) is 0 Å². The summed E-state index contributed by atoms with van der Waals surface area (Å²) < 4.78 is 34.7. The Morgan fingerprint density at radius 2 is 1.90 bits per heavy atom. The maximum Gasteiger partial charge on any atom is 0.419 e. The number of nitrogens with zero attached hydrogens (tertiary/aromatic N) is 1. The van der Waals surface area contributed by atoms with Crippen molar-refractivity contribution in [3.05, 3.63) is 64.1 Å². The third-order valence-electron chi connectivity index (χ3n) is 4.89. The second-order valence-corrected chi connectivity index (χ2v) is 9.91. The lowest BCUT2D eigenvalue weighted by Gasteiger charge is -2.18. The SMILES string of the molecule is CSCC[C@@H](NS(=O)(=O)c1ccc2c(c1)oc(=O)n2C)C(=O)NCc1ccc(C)cc1. The van der Waals surface area contributed by atoms with E-state index in [2.05, 4.69) is 10.0 Å². The lowest BCUT2D eigenvalue weighted by molar-refractivity contribution is -0.122. The molecule has 1 amide bonds. The van der Waals surface area contributed by atoms with E-state index in [0.717, 1.165) is 11.1 Å². The van der Waals surface area contributed by atoms with Gasteiger partial charge in [-0.25, -0.2) is 13.2 Å². The molecule has 0 aliphatic carbocycles. The Morgan fingerprint density at radius 3 is 2.58 bits per heavy atom. The quantitative estimate of drug-likeness (QED) is 0.503. The van der Waals surface area contributed by atoms with Crippen LogP contribution in [0.4, 0.5) is 0 Å². The van der Waals surface area contributed by atoms with Crippen LogP contribution < -0.4 is 15.8 Å². The van der Waals surface area contributed by atoms with E-state index in [1.807, 2.05) is 37.4 Å². The Morgan fingerprint density at radius 1 is 1.19 bits per heavy atom. The predicted molar refractivity (Wildman–Crippen MR) is 122 cm³/mol. The molecule has 166 valence electrons. The predicted octanol–water partition coefficient (Wildman–Crippen LogP) is 2.16. The van der Waals surface area contributed by atoms with Gasteiger partial charge in [0.15, 0.2) is 5.58 Å². The van der Waals surface area contributed by atoms with Gasteiger partial charge in [-0.05, 0) is 43.0 Å². The van der Waals surface area contributed by atoms with E-state index >= 15 is 0 Å². The van der Waals surface area contributed by atoms with Gasteiger partial charge in [-0.2, -0.15) is 16.5 Å². The normalized spacial score (nSPS) is 12.7. The lowest BCUT2D eigenvalue weighted by atomic mass is 10.1. The molecule has 0 unspecified atom stereocenters. The molecule has 0 saturated carbocycles. The number of oxazole rings is 1. The number of hydrogen-bond acceptors (Lipinski definition) is 6. The third-order valence-corrected chi connectivity index (χ3v) is 7.00. The molecule has 0 fully saturated rings. The minimum Gasteiger partial charge on any atom is -0.408 e. The van der Waals surface area contributed by atoms with Gasteiger partial charge in [0.1, 0.15) is 6.04 Å². The molecule has 3 aromatic rings. The van der Waals surface area contributed by atoms with Crippen molar-refractivity contribution in [1.29, 1.82) is 0 Å². The minimum absolute atomic E-state index is 0.0742. The second-order valence-electron chi connectivity index (χ2n) is 7.22. The highest BCUT2D eigenvalue weighted by molar-refractivity contribution is 7.98. The number of benzene rings is 2. The molecule has 0 aliphatic heterocycles. The fourth-order valence-corrected chi connectivity index (χ4v) is 4.75. The van der Waals surface area contributed by atoms with E-state index < -0.39 is 27.7 Å². The second kappa shape index (κ2) is 9.71. The summed E-state index contributed by atoms with van der Waals surface area (Å²) in [6.07, 6.45) is 2.23. The monoisotopic (exact) mass is 463 g/mol. The molecule has 8 nitrogen and oxygen atoms in total. The summed E-state index contributed by atoms with van der Waals surface area (Å²) >= 11 is 1.52. The zero-order chi connectivity index (χ0) is 22.6. The van der Waals surface area contributed by atoms with Crippen LogP contribution in [0.2, 0.25) is 0 Å². The number of nitrogens with one attached hydrogen (secondary N) is 2. The van der Waals surface area contributed by atoms with Gasteiger partial charge in [0, 0.05) is 19.7 Å². The van der Waals surface area contributed by atoms with Crippen LogP contribution in [0.25, 0.3) is 11.1 Å². The Balaban J connectivity index is 1.77. The van der Waals surface area contributed by atoms with Crippen molar-refractivity contribution >= 4 is 38.8 Å². The van der Waals surface area contributed by atoms with Gasteiger partial charge in [-0.1, -0.05) is 29.8 Å². The lowest BCUT2D eigenvalue weighted by Crippen LogP contribution is -2.46. The first-order valence-corrected chi connectivity index (χ1v) is 12.5. The average molecular weight is 464 g/mol. The third kappa shape index (κ3) is 5.57. The number of rotatable bonds is 9. The Hall–Kier alpha value is -2.56. The van der Waals surface area contributed by atoms with Gasteiger partial charge in [-0.3, -0.25) is 9.36 Å². The molecule has 0 saturated heterocycles. The van der Waals surface area contributed by atoms with Gasteiger partial charge in [0.25, 0.3) is 0 Å². The van der Waals surface area contributed by atoms with Crippen LogP contribution >= 0.6 is 11.8 Å². The minimum atomic E-state index is -4.01. The Kier molecular flexibility index (Phi) is 7.24. The summed E-state index contributed by atoms with van der Waals surface area (Å²) in [5.41, 5.74) is 2.69. The van der Waals surface area contributed by atoms with Crippen molar-refractivity contribution in [2.75, 3.05) is 12.0 Å². The Bertz CT molecular complexity index is 1230. The van der Waals surface area contributed by atoms with Crippen LogP contribution in [0, 0.1) is 6.92 Å². The van der Waals surface area contributed by atoms with Crippen molar-refractivity contribution in [3.63, 3.8) is 0 Å². The molecule has 2 N–H and O–H groups in total. The summed E-state index contributed by atoms with van der Waals surface area (Å²) in [5, 5.41) is 2.80. The molecule has 0 radical (unpaired) electrons. The van der Waals surface area contributed by atoms with Gasteiger partial charge < -0.3 is 9.73 Å². The largest absolute Gasteiger partial charge is 0.419 e. The van der Waals surface area contributed by atoms with Crippen LogP contribution in [0.1, 0.15) is 17.5 Å². The smallest absolute Gasteiger partial charge is 0.408 e. The van der Waals surface area contributed by atoms with Crippen LogP contribution in [0.5, 0.6) is 0 Å². The van der Waals surface area contributed by atoms with Gasteiger partial charge in [0.05, 0.1) is 10.4 Å². The standard InChI is InChI=1S/C21H25N3O5S2/c1-14-4-6-15(7-5-14)13-22-20(25)17(10-11-30-3)23-31(27,28)16-8-9-18-19(12-16)29-21(26)24(18)2/h4-9,12,17,23H,10-11,13H2,1-3H3,(H,22,25)/t17-/m1/s1. The van der Waals surface area contributed by atoms with Crippen molar-refractivity contribution in [2.24, 2.45) is 7.05 Å². The van der Waals surface area contributed by atoms with Gasteiger partial charge in [-0.15, -0.1) is 0 Å². The molecule has 0 aliphatic rings. The van der Waals surface area contributed by atoms with Crippen LogP contribution in [-0.2, 0) is 28.4 Å². The van der Waals surface area contributed by atoms with Crippen molar-refractivity contribution in [2.45, 2.75) is 30.8 Å². The highest BCUT2D eigenvalue weighted by Crippen LogP contribution is 2.18. The zero-order valence-electron chi connectivity index (χ0n) is 17.5. The molecule has 0 bridgehead atoms. The van der Waals surface area contributed by atoms with Crippen molar-refractivity contribution in [1.82, 2.24) is 14.6 Å². The summed E-state index contributed by atoms with van der Waals surface area (Å²) in [6.45, 7) is 2.28. The number of amides is 1. The number of aryl methyl sites for hydroxylation is 2. The average Bonchev–Trinajstić information content (AvgIpc) is 3.03. The highest BCUT2D eigenvalue weighted by Gasteiger charge is 2.26. The molecule has 2 aromatic carbocycles. The Labute approximate surface area is 185 Å². The number of aromatic nitrogens is 1. The molecule has 1 atom stereocenters. The summed E-state index contributed by atoms with van der Waals surface area (Å²) in [6, 6.07) is 11.0. The van der Waals surface area contributed by atoms with Gasteiger partial charge in [0.2, 0.25) is 15.9 Å². The summed E-state index contributed by atoms with van der Waals surface area (Å²) in [4.78, 5) is 24.3. The van der Waals surface area contributed by atoms with E-state index in [1.165, 1.54) is 41.6 Å². The van der Waals surface area contributed by atoms with Gasteiger partial charge >= 0.3 is 5.76 Å². The van der Waals surface area contributed by atoms with Crippen LogP contribution in [0.3, 0.4) is 0 Å². The number of hydrogen-bond donors (Lipinski definition) is 2. The molecule has 10 heteroatoms. The van der Waals surface area contributed by atoms with E-state index in [0.29, 0.717) is 24.2 Å². The van der Waals surface area contributed by atoms with E-state index in [-0.39, 0.29) is 10.5 Å². The number of thioether (sulfide) groups is 1. The molecule has 3 rings (SSSR count). The molecule has 1 aromatic heterocycles. The number of carbonyl (C=O) groups is 1. The molecule has 1 heterocycles.